The maximum Gasteiger partial charge on any atom is 0.307 e. The minimum atomic E-state index is -0.833. The molecule has 1 rings (SSSR count). The van der Waals surface area contributed by atoms with Gasteiger partial charge in [-0.2, -0.15) is 0 Å². The van der Waals surface area contributed by atoms with E-state index in [2.05, 4.69) is 0 Å². The van der Waals surface area contributed by atoms with Crippen molar-refractivity contribution in [2.75, 3.05) is 13.2 Å². The topological polar surface area (TPSA) is 55.8 Å². The molecule has 0 spiro atoms. The molecule has 1 aromatic carbocycles. The van der Waals surface area contributed by atoms with Crippen molar-refractivity contribution in [2.24, 2.45) is 0 Å². The quantitative estimate of drug-likeness (QED) is 0.758. The van der Waals surface area contributed by atoms with Crippen LogP contribution in [0, 0.1) is 0 Å². The third-order valence-corrected chi connectivity index (χ3v) is 2.67. The van der Waals surface area contributed by atoms with Gasteiger partial charge in [-0.25, -0.2) is 0 Å². The smallest absolute Gasteiger partial charge is 0.307 e. The summed E-state index contributed by atoms with van der Waals surface area (Å²) in [5, 5.41) is 8.72. The first-order valence-corrected chi connectivity index (χ1v) is 6.11. The van der Waals surface area contributed by atoms with E-state index in [0.717, 1.165) is 11.1 Å². The molecule has 1 aromatic rings. The SMILES string of the molecule is CCOC(C)(OCC)c1ccc(CC(=O)O)cc1. The molecule has 0 aliphatic heterocycles. The number of benzene rings is 1. The summed E-state index contributed by atoms with van der Waals surface area (Å²) in [6.45, 7) is 6.79. The van der Waals surface area contributed by atoms with E-state index in [1.807, 2.05) is 32.9 Å². The van der Waals surface area contributed by atoms with E-state index in [-0.39, 0.29) is 6.42 Å². The molecular weight excluding hydrogens is 232 g/mol. The molecule has 1 N–H and O–H groups in total. The average Bonchev–Trinajstić information content (AvgIpc) is 2.29. The Morgan fingerprint density at radius 3 is 2.06 bits per heavy atom. The highest BCUT2D eigenvalue weighted by Crippen LogP contribution is 2.27. The van der Waals surface area contributed by atoms with Gasteiger partial charge < -0.3 is 14.6 Å². The van der Waals surface area contributed by atoms with Gasteiger partial charge in [0.05, 0.1) is 6.42 Å². The van der Waals surface area contributed by atoms with E-state index in [4.69, 9.17) is 14.6 Å². The molecule has 0 amide bonds. The number of carboxylic acids is 1. The second-order valence-corrected chi connectivity index (χ2v) is 4.08. The van der Waals surface area contributed by atoms with Crippen molar-refractivity contribution in [1.29, 1.82) is 0 Å². The van der Waals surface area contributed by atoms with Crippen molar-refractivity contribution < 1.29 is 19.4 Å². The number of hydrogen-bond donors (Lipinski definition) is 1. The largest absolute Gasteiger partial charge is 0.481 e. The highest BCUT2D eigenvalue weighted by molar-refractivity contribution is 5.70. The van der Waals surface area contributed by atoms with E-state index in [0.29, 0.717) is 13.2 Å². The van der Waals surface area contributed by atoms with Crippen LogP contribution in [0.1, 0.15) is 31.9 Å². The van der Waals surface area contributed by atoms with Crippen molar-refractivity contribution in [1.82, 2.24) is 0 Å². The first kappa shape index (κ1) is 14.7. The fourth-order valence-electron chi connectivity index (χ4n) is 1.86. The zero-order valence-corrected chi connectivity index (χ0v) is 11.1. The van der Waals surface area contributed by atoms with Gasteiger partial charge in [-0.05, 0) is 26.3 Å². The van der Waals surface area contributed by atoms with Gasteiger partial charge in [0.1, 0.15) is 0 Å². The highest BCUT2D eigenvalue weighted by Gasteiger charge is 2.27. The number of carbonyl (C=O) groups is 1. The van der Waals surface area contributed by atoms with Crippen molar-refractivity contribution >= 4 is 5.97 Å². The summed E-state index contributed by atoms with van der Waals surface area (Å²) in [6.07, 6.45) is 0.0280. The van der Waals surface area contributed by atoms with Gasteiger partial charge >= 0.3 is 5.97 Å². The summed E-state index contributed by atoms with van der Waals surface area (Å²) in [5.41, 5.74) is 1.65. The normalized spacial score (nSPS) is 11.5. The number of carboxylic acid groups (broad SMARTS) is 1. The third-order valence-electron chi connectivity index (χ3n) is 2.67. The van der Waals surface area contributed by atoms with Gasteiger partial charge in [0.15, 0.2) is 5.79 Å². The first-order valence-electron chi connectivity index (χ1n) is 6.11. The van der Waals surface area contributed by atoms with Crippen molar-refractivity contribution in [3.63, 3.8) is 0 Å². The lowest BCUT2D eigenvalue weighted by Gasteiger charge is -2.29. The maximum atomic E-state index is 10.6. The van der Waals surface area contributed by atoms with Crippen LogP contribution in [-0.2, 0) is 26.5 Å². The Balaban J connectivity index is 2.89. The molecule has 0 radical (unpaired) electrons. The monoisotopic (exact) mass is 252 g/mol. The van der Waals surface area contributed by atoms with Gasteiger partial charge in [-0.3, -0.25) is 4.79 Å². The van der Waals surface area contributed by atoms with Crippen LogP contribution in [0.25, 0.3) is 0 Å². The molecule has 0 fully saturated rings. The standard InChI is InChI=1S/C14H20O4/c1-4-17-14(3,18-5-2)12-8-6-11(7-9-12)10-13(15)16/h6-9H,4-5,10H2,1-3H3,(H,15,16). The molecule has 0 unspecified atom stereocenters. The first-order chi connectivity index (χ1) is 8.51. The number of rotatable bonds is 7. The highest BCUT2D eigenvalue weighted by atomic mass is 16.7. The summed E-state index contributed by atoms with van der Waals surface area (Å²) in [7, 11) is 0. The minimum Gasteiger partial charge on any atom is -0.481 e. The van der Waals surface area contributed by atoms with Gasteiger partial charge in [0.25, 0.3) is 0 Å². The molecule has 0 bridgehead atoms. The van der Waals surface area contributed by atoms with E-state index < -0.39 is 11.8 Å². The summed E-state index contributed by atoms with van der Waals surface area (Å²) in [4.78, 5) is 10.6. The van der Waals surface area contributed by atoms with Crippen molar-refractivity contribution in [2.45, 2.75) is 33.0 Å². The molecular formula is C14H20O4. The van der Waals surface area contributed by atoms with Crippen LogP contribution in [0.4, 0.5) is 0 Å². The lowest BCUT2D eigenvalue weighted by atomic mass is 10.0. The Morgan fingerprint density at radius 1 is 1.17 bits per heavy atom. The Kier molecular flexibility index (Phi) is 5.31. The molecule has 18 heavy (non-hydrogen) atoms. The van der Waals surface area contributed by atoms with Crippen molar-refractivity contribution in [3.8, 4) is 0 Å². The second kappa shape index (κ2) is 6.52. The summed E-state index contributed by atoms with van der Waals surface area (Å²) < 4.78 is 11.3. The fraction of sp³-hybridized carbons (Fsp3) is 0.500. The Bertz CT molecular complexity index is 377. The van der Waals surface area contributed by atoms with Gasteiger partial charge in [-0.15, -0.1) is 0 Å². The molecule has 4 heteroatoms. The van der Waals surface area contributed by atoms with Crippen LogP contribution < -0.4 is 0 Å². The molecule has 0 aliphatic rings. The molecule has 0 atom stereocenters. The van der Waals surface area contributed by atoms with E-state index in [9.17, 15) is 4.79 Å². The zero-order chi connectivity index (χ0) is 13.6. The van der Waals surface area contributed by atoms with Crippen molar-refractivity contribution in [3.05, 3.63) is 35.4 Å². The maximum absolute atomic E-state index is 10.6. The zero-order valence-electron chi connectivity index (χ0n) is 11.1. The van der Waals surface area contributed by atoms with Crippen LogP contribution >= 0.6 is 0 Å². The van der Waals surface area contributed by atoms with Crippen LogP contribution in [0.15, 0.2) is 24.3 Å². The van der Waals surface area contributed by atoms with E-state index >= 15 is 0 Å². The van der Waals surface area contributed by atoms with E-state index in [1.165, 1.54) is 0 Å². The van der Waals surface area contributed by atoms with Gasteiger partial charge in [-0.1, -0.05) is 24.3 Å². The Hall–Kier alpha value is -1.39. The predicted octanol–water partition coefficient (Wildman–Crippen LogP) is 2.56. The Labute approximate surface area is 108 Å². The molecule has 0 saturated carbocycles. The predicted molar refractivity (Wildman–Crippen MR) is 68.4 cm³/mol. The molecule has 0 aliphatic carbocycles. The number of aliphatic carboxylic acids is 1. The molecule has 0 heterocycles. The molecule has 4 nitrogen and oxygen atoms in total. The van der Waals surface area contributed by atoms with Crippen LogP contribution in [0.2, 0.25) is 0 Å². The minimum absolute atomic E-state index is 0.0280. The molecule has 0 aromatic heterocycles. The molecule has 0 saturated heterocycles. The van der Waals surface area contributed by atoms with E-state index in [1.54, 1.807) is 12.1 Å². The summed E-state index contributed by atoms with van der Waals surface area (Å²) in [5.74, 6) is -1.61. The van der Waals surface area contributed by atoms with Crippen LogP contribution in [-0.4, -0.2) is 24.3 Å². The number of ether oxygens (including phenoxy) is 2. The van der Waals surface area contributed by atoms with Crippen LogP contribution in [0.5, 0.6) is 0 Å². The molecule has 100 valence electrons. The average molecular weight is 252 g/mol. The lowest BCUT2D eigenvalue weighted by Crippen LogP contribution is -2.29. The second-order valence-electron chi connectivity index (χ2n) is 4.08. The van der Waals surface area contributed by atoms with Gasteiger partial charge in [0, 0.05) is 18.8 Å². The lowest BCUT2D eigenvalue weighted by molar-refractivity contribution is -0.229. The fourth-order valence-corrected chi connectivity index (χ4v) is 1.86. The third kappa shape index (κ3) is 3.82. The van der Waals surface area contributed by atoms with Crippen LogP contribution in [0.3, 0.4) is 0 Å². The summed E-state index contributed by atoms with van der Waals surface area (Å²) in [6, 6.07) is 7.28. The number of hydrogen-bond acceptors (Lipinski definition) is 3. The summed E-state index contributed by atoms with van der Waals surface area (Å²) >= 11 is 0. The van der Waals surface area contributed by atoms with Gasteiger partial charge in [0.2, 0.25) is 0 Å². The Morgan fingerprint density at radius 2 is 1.67 bits per heavy atom.